The summed E-state index contributed by atoms with van der Waals surface area (Å²) in [4.78, 5) is 19.1. The lowest BCUT2D eigenvalue weighted by atomic mass is 10.1. The van der Waals surface area contributed by atoms with Crippen molar-refractivity contribution in [3.05, 3.63) is 36.8 Å². The van der Waals surface area contributed by atoms with Crippen molar-refractivity contribution in [1.29, 1.82) is 0 Å². The highest BCUT2D eigenvalue weighted by Gasteiger charge is 2.44. The highest BCUT2D eigenvalue weighted by atomic mass is 16.6. The number of anilines is 2. The largest absolute Gasteiger partial charge is 0.444 e. The number of rotatable bonds is 3. The van der Waals surface area contributed by atoms with Crippen molar-refractivity contribution in [3.8, 4) is 11.1 Å². The maximum absolute atomic E-state index is 12.8. The Morgan fingerprint density at radius 3 is 2.52 bits per heavy atom. The summed E-state index contributed by atoms with van der Waals surface area (Å²) in [6.07, 6.45) is 7.46. The molecule has 2 aliphatic rings. The van der Waals surface area contributed by atoms with Crippen LogP contribution in [0.3, 0.4) is 0 Å². The number of carbonyl (C=O) groups excluding carboxylic acids is 1. The van der Waals surface area contributed by atoms with Crippen molar-refractivity contribution < 1.29 is 9.53 Å². The van der Waals surface area contributed by atoms with Crippen LogP contribution in [0, 0.1) is 0 Å². The molecule has 33 heavy (non-hydrogen) atoms. The number of carbonyl (C=O) groups is 1. The third-order valence-electron chi connectivity index (χ3n) is 6.35. The molecule has 9 nitrogen and oxygen atoms in total. The zero-order valence-corrected chi connectivity index (χ0v) is 19.9. The van der Waals surface area contributed by atoms with Crippen molar-refractivity contribution in [2.75, 3.05) is 37.0 Å². The maximum atomic E-state index is 12.8. The first kappa shape index (κ1) is 21.5. The van der Waals surface area contributed by atoms with Crippen LogP contribution in [0.2, 0.25) is 0 Å². The van der Waals surface area contributed by atoms with Crippen LogP contribution in [-0.2, 0) is 4.74 Å². The highest BCUT2D eigenvalue weighted by molar-refractivity contribution is 5.80. The smallest absolute Gasteiger partial charge is 0.410 e. The molecule has 0 aliphatic carbocycles. The summed E-state index contributed by atoms with van der Waals surface area (Å²) in [5.74, 6) is 0.811. The standard InChI is InChI=1S/C24H31N7O2/c1-24(2,3)33-23(32)31-18-6-7-19(31)15-29(14-18)20-8-9-26-30-13-17(10-21(20)30)16-11-22(28(4)5)27-25-12-16/h8-13,18-19H,6-7,14-15H2,1-5H3. The van der Waals surface area contributed by atoms with Gasteiger partial charge in [0, 0.05) is 50.7 Å². The number of fused-ring (bicyclic) bond motifs is 3. The van der Waals surface area contributed by atoms with Crippen LogP contribution in [0.1, 0.15) is 33.6 Å². The van der Waals surface area contributed by atoms with Gasteiger partial charge in [-0.3, -0.25) is 4.90 Å². The fourth-order valence-corrected chi connectivity index (χ4v) is 4.87. The van der Waals surface area contributed by atoms with Crippen LogP contribution in [-0.4, -0.2) is 75.7 Å². The molecule has 5 heterocycles. The van der Waals surface area contributed by atoms with E-state index in [-0.39, 0.29) is 18.2 Å². The quantitative estimate of drug-likeness (QED) is 0.606. The van der Waals surface area contributed by atoms with Gasteiger partial charge in [-0.05, 0) is 51.8 Å². The summed E-state index contributed by atoms with van der Waals surface area (Å²) in [6.45, 7) is 7.33. The van der Waals surface area contributed by atoms with Crippen molar-refractivity contribution in [2.45, 2.75) is 51.3 Å². The molecule has 2 fully saturated rings. The summed E-state index contributed by atoms with van der Waals surface area (Å²) in [7, 11) is 3.91. The van der Waals surface area contributed by atoms with E-state index in [2.05, 4.69) is 32.3 Å². The third-order valence-corrected chi connectivity index (χ3v) is 6.35. The van der Waals surface area contributed by atoms with Crippen LogP contribution in [0.5, 0.6) is 0 Å². The zero-order valence-electron chi connectivity index (χ0n) is 19.9. The molecule has 0 saturated carbocycles. The Labute approximate surface area is 193 Å². The second kappa shape index (κ2) is 7.90. The Kier molecular flexibility index (Phi) is 5.14. The number of hydrogen-bond donors (Lipinski definition) is 0. The Balaban J connectivity index is 1.43. The summed E-state index contributed by atoms with van der Waals surface area (Å²) < 4.78 is 7.61. The van der Waals surface area contributed by atoms with Crippen molar-refractivity contribution in [3.63, 3.8) is 0 Å². The molecule has 2 bridgehead atoms. The molecule has 1 amide bonds. The molecule has 0 N–H and O–H groups in total. The van der Waals surface area contributed by atoms with Crippen molar-refractivity contribution in [1.82, 2.24) is 24.7 Å². The molecule has 0 aromatic carbocycles. The van der Waals surface area contributed by atoms with E-state index in [1.54, 1.807) is 6.20 Å². The predicted octanol–water partition coefficient (Wildman–Crippen LogP) is 3.45. The highest BCUT2D eigenvalue weighted by Crippen LogP contribution is 2.36. The summed E-state index contributed by atoms with van der Waals surface area (Å²) in [6, 6.07) is 6.57. The number of amides is 1. The first-order valence-corrected chi connectivity index (χ1v) is 11.4. The molecule has 174 valence electrons. The number of nitrogens with zero attached hydrogens (tertiary/aromatic N) is 7. The Bertz CT molecular complexity index is 1170. The minimum atomic E-state index is -0.485. The fraction of sp³-hybridized carbons (Fsp3) is 0.500. The summed E-state index contributed by atoms with van der Waals surface area (Å²) >= 11 is 0. The second-order valence-electron chi connectivity index (χ2n) is 10.1. The molecule has 0 spiro atoms. The third kappa shape index (κ3) is 4.07. The molecule has 5 rings (SSSR count). The number of ether oxygens (including phenoxy) is 1. The van der Waals surface area contributed by atoms with E-state index >= 15 is 0 Å². The molecule has 3 aromatic rings. The van der Waals surface area contributed by atoms with Crippen LogP contribution in [0.25, 0.3) is 16.6 Å². The van der Waals surface area contributed by atoms with E-state index in [1.807, 2.05) is 67.6 Å². The lowest BCUT2D eigenvalue weighted by Crippen LogP contribution is -2.56. The molecule has 2 aliphatic heterocycles. The first-order valence-electron chi connectivity index (χ1n) is 11.4. The first-order chi connectivity index (χ1) is 15.7. The van der Waals surface area contributed by atoms with Crippen molar-refractivity contribution >= 4 is 23.1 Å². The fourth-order valence-electron chi connectivity index (χ4n) is 4.87. The van der Waals surface area contributed by atoms with Gasteiger partial charge in [0.1, 0.15) is 5.60 Å². The van der Waals surface area contributed by atoms with Gasteiger partial charge in [0.15, 0.2) is 5.82 Å². The zero-order chi connectivity index (χ0) is 23.3. The normalized spacial score (nSPS) is 20.4. The van der Waals surface area contributed by atoms with Gasteiger partial charge < -0.3 is 14.5 Å². The van der Waals surface area contributed by atoms with Crippen molar-refractivity contribution in [2.24, 2.45) is 0 Å². The van der Waals surface area contributed by atoms with Gasteiger partial charge in [-0.1, -0.05) is 0 Å². The van der Waals surface area contributed by atoms with Gasteiger partial charge in [0.2, 0.25) is 0 Å². The Morgan fingerprint density at radius 1 is 1.12 bits per heavy atom. The minimum absolute atomic E-state index is 0.160. The van der Waals surface area contributed by atoms with Crippen LogP contribution in [0.15, 0.2) is 36.8 Å². The van der Waals surface area contributed by atoms with Gasteiger partial charge in [0.25, 0.3) is 0 Å². The molecule has 2 atom stereocenters. The lowest BCUT2D eigenvalue weighted by Gasteiger charge is -2.42. The number of piperazine rings is 1. The van der Waals surface area contributed by atoms with E-state index in [1.165, 1.54) is 0 Å². The van der Waals surface area contributed by atoms with E-state index in [4.69, 9.17) is 4.74 Å². The number of hydrogen-bond acceptors (Lipinski definition) is 7. The van der Waals surface area contributed by atoms with Gasteiger partial charge in [-0.15, -0.1) is 5.10 Å². The Morgan fingerprint density at radius 2 is 1.85 bits per heavy atom. The second-order valence-corrected chi connectivity index (χ2v) is 10.1. The lowest BCUT2D eigenvalue weighted by molar-refractivity contribution is 0.0123. The summed E-state index contributed by atoms with van der Waals surface area (Å²) in [5.41, 5.74) is 3.73. The van der Waals surface area contributed by atoms with E-state index < -0.39 is 5.60 Å². The van der Waals surface area contributed by atoms with Gasteiger partial charge in [-0.25, -0.2) is 9.31 Å². The molecular weight excluding hydrogens is 418 g/mol. The average molecular weight is 450 g/mol. The topological polar surface area (TPSA) is 79.1 Å². The average Bonchev–Trinajstić information content (AvgIpc) is 3.31. The van der Waals surface area contributed by atoms with Crippen LogP contribution >= 0.6 is 0 Å². The van der Waals surface area contributed by atoms with E-state index in [0.29, 0.717) is 0 Å². The van der Waals surface area contributed by atoms with Gasteiger partial charge >= 0.3 is 6.09 Å². The monoisotopic (exact) mass is 449 g/mol. The Hall–Kier alpha value is -3.36. The molecule has 0 radical (unpaired) electrons. The predicted molar refractivity (Wildman–Crippen MR) is 128 cm³/mol. The number of aromatic nitrogens is 4. The molecule has 2 saturated heterocycles. The molecule has 2 unspecified atom stereocenters. The van der Waals surface area contributed by atoms with Crippen LogP contribution < -0.4 is 9.80 Å². The SMILES string of the molecule is CN(C)c1cc(-c2cc3c(N4CC5CCC(C4)N5C(=O)OC(C)(C)C)ccnn3c2)cnn1. The van der Waals surface area contributed by atoms with Gasteiger partial charge in [-0.2, -0.15) is 10.2 Å². The maximum Gasteiger partial charge on any atom is 0.410 e. The van der Waals surface area contributed by atoms with E-state index in [0.717, 1.165) is 54.1 Å². The molecular formula is C24H31N7O2. The summed E-state index contributed by atoms with van der Waals surface area (Å²) in [5, 5.41) is 12.9. The molecule has 9 heteroatoms. The minimum Gasteiger partial charge on any atom is -0.444 e. The molecule has 3 aromatic heterocycles. The van der Waals surface area contributed by atoms with Gasteiger partial charge in [0.05, 0.1) is 29.5 Å². The van der Waals surface area contributed by atoms with Crippen LogP contribution in [0.4, 0.5) is 16.3 Å². The van der Waals surface area contributed by atoms with E-state index in [9.17, 15) is 4.79 Å².